The number of carbonyl (C=O) groups excluding carboxylic acids is 1. The summed E-state index contributed by atoms with van der Waals surface area (Å²) in [6.07, 6.45) is 0. The highest BCUT2D eigenvalue weighted by molar-refractivity contribution is 6.50. The number of nitrogens with zero attached hydrogens (tertiary/aromatic N) is 1. The Balaban J connectivity index is 0.000000623. The fourth-order valence-electron chi connectivity index (χ4n) is 3.76. The molecule has 0 aliphatic heterocycles. The molecule has 3 nitrogen and oxygen atoms in total. The molecule has 1 aromatic heterocycles. The minimum absolute atomic E-state index is 0.276. The molecule has 4 rings (SSSR count). The zero-order valence-electron chi connectivity index (χ0n) is 19.2. The van der Waals surface area contributed by atoms with Crippen molar-refractivity contribution in [1.82, 2.24) is 0 Å². The minimum Gasteiger partial charge on any atom is -0.464 e. The van der Waals surface area contributed by atoms with E-state index in [1.807, 2.05) is 61.5 Å². The molecule has 0 radical (unpaired) electrons. The van der Waals surface area contributed by atoms with E-state index in [1.54, 1.807) is 0 Å². The fraction of sp³-hybridized carbons (Fsp3) is 0.111. The Hall–Kier alpha value is -3.94. The van der Waals surface area contributed by atoms with Gasteiger partial charge in [-0.15, -0.1) is 0 Å². The lowest BCUT2D eigenvalue weighted by molar-refractivity contribution is -0.686. The van der Waals surface area contributed by atoms with Gasteiger partial charge in [-0.3, -0.25) is 0 Å². The Labute approximate surface area is 201 Å². The van der Waals surface area contributed by atoms with Crippen LogP contribution < -0.4 is 4.57 Å². The van der Waals surface area contributed by atoms with Gasteiger partial charge in [-0.1, -0.05) is 66.7 Å². The van der Waals surface area contributed by atoms with Gasteiger partial charge >= 0.3 is 13.2 Å². The number of esters is 1. The Bertz CT molecular complexity index is 1180. The number of methoxy groups -OCH3 is 1. The lowest BCUT2D eigenvalue weighted by atomic mass is 9.98. The van der Waals surface area contributed by atoms with E-state index in [-0.39, 0.29) is 5.97 Å². The highest BCUT2D eigenvalue weighted by atomic mass is 19.5. The van der Waals surface area contributed by atoms with Crippen LogP contribution in [0.2, 0.25) is 0 Å². The molecule has 0 N–H and O–H groups in total. The number of hydrogen-bond donors (Lipinski definition) is 0. The van der Waals surface area contributed by atoms with Crippen molar-refractivity contribution in [1.29, 1.82) is 0 Å². The molecule has 180 valence electrons. The van der Waals surface area contributed by atoms with Crippen molar-refractivity contribution >= 4 is 13.2 Å². The normalized spacial score (nSPS) is 11.7. The van der Waals surface area contributed by atoms with Crippen LogP contribution >= 0.6 is 0 Å². The fourth-order valence-corrected chi connectivity index (χ4v) is 3.76. The third kappa shape index (κ3) is 7.02. The van der Waals surface area contributed by atoms with E-state index in [4.69, 9.17) is 4.74 Å². The van der Waals surface area contributed by atoms with Gasteiger partial charge in [-0.25, -0.2) is 4.79 Å². The molecule has 0 fully saturated rings. The zero-order valence-corrected chi connectivity index (χ0v) is 19.2. The molecule has 0 saturated heterocycles. The molecule has 0 amide bonds. The zero-order chi connectivity index (χ0) is 25.4. The summed E-state index contributed by atoms with van der Waals surface area (Å²) in [5, 5.41) is 0. The number of benzene rings is 3. The third-order valence-corrected chi connectivity index (χ3v) is 5.28. The first-order valence-corrected chi connectivity index (χ1v) is 10.9. The van der Waals surface area contributed by atoms with Crippen molar-refractivity contribution in [3.05, 3.63) is 103 Å². The Morgan fingerprint density at radius 3 is 1.37 bits per heavy atom. The van der Waals surface area contributed by atoms with Crippen LogP contribution in [0.15, 0.2) is 103 Å². The van der Waals surface area contributed by atoms with Crippen LogP contribution in [0.1, 0.15) is 13.0 Å². The van der Waals surface area contributed by atoms with Crippen molar-refractivity contribution < 1.29 is 31.4 Å². The van der Waals surface area contributed by atoms with Crippen molar-refractivity contribution in [3.63, 3.8) is 0 Å². The van der Waals surface area contributed by atoms with Gasteiger partial charge < -0.3 is 22.0 Å². The molecule has 0 aliphatic rings. The SMILES string of the molecule is COC(=O)C(C)[n+]1c(-c2ccccc2)cc(-c2ccccc2)cc1-c1ccccc1.F[B-](F)(F)F. The Kier molecular flexibility index (Phi) is 8.41. The quantitative estimate of drug-likeness (QED) is 0.133. The summed E-state index contributed by atoms with van der Waals surface area (Å²) in [4.78, 5) is 12.6. The van der Waals surface area contributed by atoms with Crippen LogP contribution in [0.5, 0.6) is 0 Å². The summed E-state index contributed by atoms with van der Waals surface area (Å²) in [5.74, 6) is -0.276. The largest absolute Gasteiger partial charge is 0.673 e. The van der Waals surface area contributed by atoms with Crippen molar-refractivity contribution in [3.8, 4) is 33.6 Å². The third-order valence-electron chi connectivity index (χ3n) is 5.28. The monoisotopic (exact) mass is 481 g/mol. The molecule has 1 heterocycles. The minimum atomic E-state index is -6.00. The molecule has 3 aromatic carbocycles. The molecular formula is C27H24BF4NO2. The van der Waals surface area contributed by atoms with Crippen LogP contribution in [0.3, 0.4) is 0 Å². The average Bonchev–Trinajstić information content (AvgIpc) is 2.87. The Morgan fingerprint density at radius 1 is 0.686 bits per heavy atom. The summed E-state index contributed by atoms with van der Waals surface area (Å²) in [5.41, 5.74) is 6.25. The second-order valence-corrected chi connectivity index (χ2v) is 7.68. The smallest absolute Gasteiger partial charge is 0.464 e. The summed E-state index contributed by atoms with van der Waals surface area (Å²) in [7, 11) is -4.57. The van der Waals surface area contributed by atoms with Crippen LogP contribution in [-0.2, 0) is 9.53 Å². The summed E-state index contributed by atoms with van der Waals surface area (Å²) < 4.78 is 46.2. The number of rotatable bonds is 5. The maximum Gasteiger partial charge on any atom is 0.673 e. The topological polar surface area (TPSA) is 30.2 Å². The predicted molar refractivity (Wildman–Crippen MR) is 130 cm³/mol. The number of hydrogen-bond acceptors (Lipinski definition) is 2. The van der Waals surface area contributed by atoms with E-state index < -0.39 is 13.3 Å². The molecule has 4 aromatic rings. The van der Waals surface area contributed by atoms with Crippen LogP contribution in [-0.4, -0.2) is 20.3 Å². The van der Waals surface area contributed by atoms with Gasteiger partial charge in [0.05, 0.1) is 7.11 Å². The van der Waals surface area contributed by atoms with Crippen LogP contribution in [0.25, 0.3) is 33.6 Å². The van der Waals surface area contributed by atoms with Gasteiger partial charge in [0.15, 0.2) is 0 Å². The predicted octanol–water partition coefficient (Wildman–Crippen LogP) is 7.01. The second-order valence-electron chi connectivity index (χ2n) is 7.68. The van der Waals surface area contributed by atoms with E-state index in [9.17, 15) is 22.1 Å². The number of carbonyl (C=O) groups is 1. The standard InChI is InChI=1S/C27H24NO2.BF4/c1-20(27(29)30-2)28-25(22-14-8-4-9-15-22)18-24(21-12-6-3-7-13-21)19-26(28)23-16-10-5-11-17-23;2-1(3,4)5/h3-20H,1-2H3;/q+1;-1. The molecule has 8 heteroatoms. The van der Waals surface area contributed by atoms with E-state index in [1.165, 1.54) is 7.11 Å². The summed E-state index contributed by atoms with van der Waals surface area (Å²) in [6.45, 7) is 1.88. The van der Waals surface area contributed by atoms with Crippen LogP contribution in [0.4, 0.5) is 17.3 Å². The van der Waals surface area contributed by atoms with Gasteiger partial charge in [0.1, 0.15) is 0 Å². The molecule has 1 unspecified atom stereocenters. The maximum absolute atomic E-state index is 12.6. The average molecular weight is 481 g/mol. The van der Waals surface area contributed by atoms with E-state index in [0.717, 1.165) is 33.6 Å². The molecule has 0 aliphatic carbocycles. The molecule has 0 bridgehead atoms. The summed E-state index contributed by atoms with van der Waals surface area (Å²) >= 11 is 0. The van der Waals surface area contributed by atoms with Gasteiger partial charge in [0.25, 0.3) is 6.04 Å². The van der Waals surface area contributed by atoms with E-state index >= 15 is 0 Å². The number of pyridine rings is 1. The maximum atomic E-state index is 12.6. The first-order valence-electron chi connectivity index (χ1n) is 10.9. The van der Waals surface area contributed by atoms with E-state index in [2.05, 4.69) is 53.1 Å². The molecule has 0 spiro atoms. The number of ether oxygens (including phenoxy) is 1. The molecular weight excluding hydrogens is 457 g/mol. The molecule has 0 saturated carbocycles. The lowest BCUT2D eigenvalue weighted by Crippen LogP contribution is -2.46. The van der Waals surface area contributed by atoms with Gasteiger partial charge in [-0.2, -0.15) is 4.57 Å². The lowest BCUT2D eigenvalue weighted by Gasteiger charge is -2.16. The molecule has 35 heavy (non-hydrogen) atoms. The number of halogens is 4. The Morgan fingerprint density at radius 2 is 1.03 bits per heavy atom. The van der Waals surface area contributed by atoms with Crippen molar-refractivity contribution in [2.75, 3.05) is 7.11 Å². The van der Waals surface area contributed by atoms with Crippen molar-refractivity contribution in [2.24, 2.45) is 0 Å². The van der Waals surface area contributed by atoms with Gasteiger partial charge in [0, 0.05) is 30.2 Å². The van der Waals surface area contributed by atoms with Crippen molar-refractivity contribution in [2.45, 2.75) is 13.0 Å². The summed E-state index contributed by atoms with van der Waals surface area (Å²) in [6, 6.07) is 34.4. The van der Waals surface area contributed by atoms with E-state index in [0.29, 0.717) is 0 Å². The second kappa shape index (κ2) is 11.5. The van der Waals surface area contributed by atoms with Gasteiger partial charge in [0.2, 0.25) is 11.4 Å². The van der Waals surface area contributed by atoms with Crippen LogP contribution in [0, 0.1) is 0 Å². The molecule has 1 atom stereocenters. The highest BCUT2D eigenvalue weighted by Crippen LogP contribution is 2.30. The highest BCUT2D eigenvalue weighted by Gasteiger charge is 2.32. The van der Waals surface area contributed by atoms with Gasteiger partial charge in [-0.05, 0) is 35.4 Å². The number of aromatic nitrogens is 1. The first kappa shape index (κ1) is 25.7. The first-order chi connectivity index (χ1) is 16.7.